The van der Waals surface area contributed by atoms with Crippen LogP contribution in [-0.4, -0.2) is 65.0 Å². The van der Waals surface area contributed by atoms with Crippen LogP contribution in [0.15, 0.2) is 53.4 Å². The van der Waals surface area contributed by atoms with Crippen LogP contribution < -0.4 is 9.46 Å². The van der Waals surface area contributed by atoms with E-state index in [1.54, 1.807) is 24.1 Å². The van der Waals surface area contributed by atoms with Crippen molar-refractivity contribution in [2.45, 2.75) is 30.2 Å². The molecule has 2 aromatic carbocycles. The molecule has 1 N–H and O–H groups in total. The first-order valence-corrected chi connectivity index (χ1v) is 12.0. The van der Waals surface area contributed by atoms with Crippen LogP contribution in [0.3, 0.4) is 0 Å². The number of sulfonamides is 1. The third-order valence-corrected chi connectivity index (χ3v) is 7.35. The van der Waals surface area contributed by atoms with Gasteiger partial charge in [0.25, 0.3) is 0 Å². The Morgan fingerprint density at radius 2 is 1.84 bits per heavy atom. The smallest absolute Gasteiger partial charge is 0.240 e. The average Bonchev–Trinajstić information content (AvgIpc) is 3.31. The fourth-order valence-electron chi connectivity index (χ4n) is 3.97. The van der Waals surface area contributed by atoms with Gasteiger partial charge in [-0.25, -0.2) is 13.1 Å². The fourth-order valence-corrected chi connectivity index (χ4v) is 4.94. The van der Waals surface area contributed by atoms with Crippen molar-refractivity contribution < 1.29 is 17.9 Å². The summed E-state index contributed by atoms with van der Waals surface area (Å²) in [5.41, 5.74) is 1.52. The van der Waals surface area contributed by atoms with Crippen molar-refractivity contribution in [1.29, 1.82) is 0 Å². The van der Waals surface area contributed by atoms with Crippen molar-refractivity contribution in [3.63, 3.8) is 0 Å². The topological polar surface area (TPSA) is 78.9 Å². The summed E-state index contributed by atoms with van der Waals surface area (Å²) in [5.74, 6) is 0.292. The van der Waals surface area contributed by atoms with Crippen molar-refractivity contribution in [1.82, 2.24) is 14.5 Å². The van der Waals surface area contributed by atoms with E-state index in [0.717, 1.165) is 25.2 Å². The van der Waals surface area contributed by atoms with Crippen LogP contribution in [0.25, 0.3) is 0 Å². The predicted molar refractivity (Wildman–Crippen MR) is 121 cm³/mol. The van der Waals surface area contributed by atoms with Gasteiger partial charge in [0.2, 0.25) is 15.9 Å². The lowest BCUT2D eigenvalue weighted by Gasteiger charge is -2.32. The molecular formula is C23H31N3O4S. The standard InChI is InChI=1S/C23H31N3O4S/c1-24-31(28,29)22-16-20(30-3)12-11-19(22)15-23(27)25(2)21(17-26-13-7-8-14-26)18-9-5-4-6-10-18/h4-6,9-12,16,21,24H,7-8,13-15,17H2,1-3H3/t21-/m1/s1. The molecule has 1 saturated heterocycles. The first kappa shape index (κ1) is 23.2. The van der Waals surface area contributed by atoms with E-state index in [1.807, 2.05) is 30.3 Å². The molecule has 2 aromatic rings. The zero-order chi connectivity index (χ0) is 22.4. The van der Waals surface area contributed by atoms with Gasteiger partial charge in [0.15, 0.2) is 0 Å². The zero-order valence-corrected chi connectivity index (χ0v) is 19.2. The predicted octanol–water partition coefficient (Wildman–Crippen LogP) is 2.44. The lowest BCUT2D eigenvalue weighted by atomic mass is 10.0. The lowest BCUT2D eigenvalue weighted by Crippen LogP contribution is -2.39. The third kappa shape index (κ3) is 5.64. The first-order chi connectivity index (χ1) is 14.9. The second kappa shape index (κ2) is 10.3. The lowest BCUT2D eigenvalue weighted by molar-refractivity contribution is -0.131. The monoisotopic (exact) mass is 445 g/mol. The molecule has 31 heavy (non-hydrogen) atoms. The van der Waals surface area contributed by atoms with Crippen LogP contribution >= 0.6 is 0 Å². The maximum Gasteiger partial charge on any atom is 0.240 e. The average molecular weight is 446 g/mol. The molecule has 1 amide bonds. The number of carbonyl (C=O) groups is 1. The number of methoxy groups -OCH3 is 1. The highest BCUT2D eigenvalue weighted by molar-refractivity contribution is 7.89. The van der Waals surface area contributed by atoms with Crippen LogP contribution in [0.1, 0.15) is 30.0 Å². The second-order valence-electron chi connectivity index (χ2n) is 7.80. The minimum absolute atomic E-state index is 0.0138. The Hall–Kier alpha value is -2.42. The minimum Gasteiger partial charge on any atom is -0.497 e. The molecule has 0 unspecified atom stereocenters. The fraction of sp³-hybridized carbons (Fsp3) is 0.435. The van der Waals surface area contributed by atoms with Crippen molar-refractivity contribution in [3.05, 3.63) is 59.7 Å². The van der Waals surface area contributed by atoms with Crippen LogP contribution in [0.4, 0.5) is 0 Å². The summed E-state index contributed by atoms with van der Waals surface area (Å²) in [5, 5.41) is 0. The Bertz CT molecular complexity index is 989. The normalized spacial score (nSPS) is 15.6. The Kier molecular flexibility index (Phi) is 7.69. The molecule has 7 nitrogen and oxygen atoms in total. The van der Waals surface area contributed by atoms with Gasteiger partial charge in [-0.1, -0.05) is 36.4 Å². The number of hydrogen-bond donors (Lipinski definition) is 1. The molecule has 1 aliphatic heterocycles. The number of hydrogen-bond acceptors (Lipinski definition) is 5. The number of nitrogens with zero attached hydrogens (tertiary/aromatic N) is 2. The highest BCUT2D eigenvalue weighted by Gasteiger charge is 2.27. The molecule has 0 radical (unpaired) electrons. The van der Waals surface area contributed by atoms with Crippen molar-refractivity contribution in [3.8, 4) is 5.75 Å². The van der Waals surface area contributed by atoms with Crippen LogP contribution in [0.2, 0.25) is 0 Å². The van der Waals surface area contributed by atoms with Gasteiger partial charge in [-0.05, 0) is 50.2 Å². The number of likely N-dealkylation sites (N-methyl/N-ethyl adjacent to an activating group) is 1. The van der Waals surface area contributed by atoms with Gasteiger partial charge in [-0.2, -0.15) is 0 Å². The summed E-state index contributed by atoms with van der Waals surface area (Å²) in [6.45, 7) is 2.83. The molecule has 0 aromatic heterocycles. The molecule has 0 aliphatic carbocycles. The first-order valence-electron chi connectivity index (χ1n) is 10.5. The molecule has 168 valence electrons. The quantitative estimate of drug-likeness (QED) is 0.641. The largest absolute Gasteiger partial charge is 0.497 e. The summed E-state index contributed by atoms with van der Waals surface area (Å²) in [7, 11) is 0.899. The maximum absolute atomic E-state index is 13.3. The van der Waals surface area contributed by atoms with E-state index >= 15 is 0 Å². The third-order valence-electron chi connectivity index (χ3n) is 5.85. The summed E-state index contributed by atoms with van der Waals surface area (Å²) < 4.78 is 32.6. The van der Waals surface area contributed by atoms with E-state index in [9.17, 15) is 13.2 Å². The molecule has 8 heteroatoms. The van der Waals surface area contributed by atoms with Crippen molar-refractivity contribution >= 4 is 15.9 Å². The van der Waals surface area contributed by atoms with Crippen LogP contribution in [-0.2, 0) is 21.2 Å². The number of ether oxygens (including phenoxy) is 1. The molecule has 1 fully saturated rings. The second-order valence-corrected chi connectivity index (χ2v) is 9.65. The van der Waals surface area contributed by atoms with E-state index in [-0.39, 0.29) is 23.3 Å². The Morgan fingerprint density at radius 1 is 1.16 bits per heavy atom. The molecule has 1 heterocycles. The zero-order valence-electron chi connectivity index (χ0n) is 18.4. The molecule has 3 rings (SSSR count). The number of amides is 1. The van der Waals surface area contributed by atoms with E-state index in [4.69, 9.17) is 4.74 Å². The van der Waals surface area contributed by atoms with Gasteiger partial charge in [-0.3, -0.25) is 4.79 Å². The Morgan fingerprint density at radius 3 is 2.45 bits per heavy atom. The number of nitrogens with one attached hydrogen (secondary N) is 1. The summed E-state index contributed by atoms with van der Waals surface area (Å²) >= 11 is 0. The Balaban J connectivity index is 1.87. The molecule has 0 bridgehead atoms. The molecule has 0 saturated carbocycles. The van der Waals surface area contributed by atoms with Gasteiger partial charge in [0, 0.05) is 19.7 Å². The van der Waals surface area contributed by atoms with E-state index in [1.165, 1.54) is 33.1 Å². The van der Waals surface area contributed by atoms with E-state index in [0.29, 0.717) is 11.3 Å². The number of carbonyl (C=O) groups excluding carboxylic acids is 1. The van der Waals surface area contributed by atoms with Crippen molar-refractivity contribution in [2.24, 2.45) is 0 Å². The van der Waals surface area contributed by atoms with E-state index in [2.05, 4.69) is 9.62 Å². The highest BCUT2D eigenvalue weighted by atomic mass is 32.2. The summed E-state index contributed by atoms with van der Waals surface area (Å²) in [4.78, 5) is 17.5. The van der Waals surface area contributed by atoms with Crippen molar-refractivity contribution in [2.75, 3.05) is 40.8 Å². The highest BCUT2D eigenvalue weighted by Crippen LogP contribution is 2.26. The summed E-state index contributed by atoms with van der Waals surface area (Å²) in [6.07, 6.45) is 2.34. The number of likely N-dealkylation sites (tertiary alicyclic amines) is 1. The minimum atomic E-state index is -3.73. The molecule has 1 aliphatic rings. The SMILES string of the molecule is CNS(=O)(=O)c1cc(OC)ccc1CC(=O)N(C)[C@H](CN1CCCC1)c1ccccc1. The molecule has 0 spiro atoms. The van der Waals surface area contributed by atoms with Crippen LogP contribution in [0, 0.1) is 0 Å². The summed E-state index contributed by atoms with van der Waals surface area (Å²) in [6, 6.07) is 14.7. The molecular weight excluding hydrogens is 414 g/mol. The van der Waals surface area contributed by atoms with Gasteiger partial charge < -0.3 is 14.5 Å². The van der Waals surface area contributed by atoms with Crippen LogP contribution in [0.5, 0.6) is 5.75 Å². The Labute approximate surface area is 185 Å². The van der Waals surface area contributed by atoms with E-state index < -0.39 is 10.0 Å². The number of benzene rings is 2. The van der Waals surface area contributed by atoms with Gasteiger partial charge in [0.05, 0.1) is 24.5 Å². The van der Waals surface area contributed by atoms with Gasteiger partial charge in [0.1, 0.15) is 5.75 Å². The van der Waals surface area contributed by atoms with Gasteiger partial charge >= 0.3 is 0 Å². The van der Waals surface area contributed by atoms with Gasteiger partial charge in [-0.15, -0.1) is 0 Å². The number of rotatable bonds is 9. The molecule has 1 atom stereocenters. The maximum atomic E-state index is 13.3.